The molecule has 1 atom stereocenters. The number of esters is 2. The molecule has 0 saturated carbocycles. The Morgan fingerprint density at radius 2 is 1.41 bits per heavy atom. The monoisotopic (exact) mass is 560 g/mol. The highest BCUT2D eigenvalue weighted by molar-refractivity contribution is 5.98. The molecule has 0 amide bonds. The predicted octanol–water partition coefficient (Wildman–Crippen LogP) is 6.23. The van der Waals surface area contributed by atoms with Gasteiger partial charge in [0.2, 0.25) is 0 Å². The molecule has 0 radical (unpaired) electrons. The van der Waals surface area contributed by atoms with Crippen molar-refractivity contribution in [2.75, 3.05) is 33.7 Å². The van der Waals surface area contributed by atoms with E-state index in [1.807, 2.05) is 51.4 Å². The predicted molar refractivity (Wildman–Crippen MR) is 165 cm³/mol. The van der Waals surface area contributed by atoms with Crippen molar-refractivity contribution in [2.45, 2.75) is 65.3 Å². The van der Waals surface area contributed by atoms with Crippen LogP contribution in [0, 0.1) is 6.92 Å². The quantitative estimate of drug-likeness (QED) is 0.165. The van der Waals surface area contributed by atoms with Crippen LogP contribution in [0.1, 0.15) is 57.1 Å². The highest BCUT2D eigenvalue weighted by Gasteiger charge is 2.24. The summed E-state index contributed by atoms with van der Waals surface area (Å²) in [5.41, 5.74) is 3.87. The van der Waals surface area contributed by atoms with Crippen molar-refractivity contribution in [1.82, 2.24) is 19.8 Å². The summed E-state index contributed by atoms with van der Waals surface area (Å²) in [7, 11) is 4.32. The average Bonchev–Trinajstić information content (AvgIpc) is 3.77. The maximum atomic E-state index is 12.6. The number of likely N-dealkylation sites (tertiary alicyclic amines) is 2. The Morgan fingerprint density at radius 1 is 0.829 bits per heavy atom. The molecule has 2 saturated heterocycles. The maximum absolute atomic E-state index is 12.6. The number of carbonyl (C=O) groups excluding carboxylic acids is 2. The fourth-order valence-corrected chi connectivity index (χ4v) is 5.67. The van der Waals surface area contributed by atoms with E-state index in [1.54, 1.807) is 18.2 Å². The Balaban J connectivity index is 0.000000424. The molecule has 0 spiro atoms. The molecule has 41 heavy (non-hydrogen) atoms. The zero-order chi connectivity index (χ0) is 29.4. The Morgan fingerprint density at radius 3 is 1.98 bits per heavy atom. The van der Waals surface area contributed by atoms with E-state index in [0.29, 0.717) is 17.5 Å². The van der Waals surface area contributed by atoms with Crippen molar-refractivity contribution in [3.63, 3.8) is 0 Å². The van der Waals surface area contributed by atoms with Crippen LogP contribution in [0.4, 0.5) is 0 Å². The minimum absolute atomic E-state index is 0.430. The van der Waals surface area contributed by atoms with E-state index in [1.165, 1.54) is 32.4 Å². The Kier molecular flexibility index (Phi) is 10.6. The zero-order valence-electron chi connectivity index (χ0n) is 25.1. The van der Waals surface area contributed by atoms with Gasteiger partial charge in [0.05, 0.1) is 0 Å². The molecular formula is C33H44N4O4. The van der Waals surface area contributed by atoms with Gasteiger partial charge in [-0.1, -0.05) is 26.0 Å². The molecule has 2 aliphatic rings. The first kappa shape index (κ1) is 30.3. The summed E-state index contributed by atoms with van der Waals surface area (Å²) < 4.78 is 11.1. The third-order valence-corrected chi connectivity index (χ3v) is 7.81. The van der Waals surface area contributed by atoms with Gasteiger partial charge in [-0.05, 0) is 108 Å². The molecular weight excluding hydrogens is 516 g/mol. The molecule has 0 aliphatic carbocycles. The van der Waals surface area contributed by atoms with Crippen molar-refractivity contribution in [3.05, 3.63) is 59.9 Å². The molecule has 2 N–H and O–H groups in total. The molecule has 2 fully saturated rings. The van der Waals surface area contributed by atoms with E-state index in [2.05, 4.69) is 33.9 Å². The van der Waals surface area contributed by atoms with Gasteiger partial charge in [-0.25, -0.2) is 0 Å². The molecule has 0 bridgehead atoms. The van der Waals surface area contributed by atoms with Crippen LogP contribution in [0.5, 0.6) is 11.5 Å². The Labute approximate surface area is 243 Å². The van der Waals surface area contributed by atoms with Gasteiger partial charge in [-0.2, -0.15) is 0 Å². The lowest BCUT2D eigenvalue weighted by Crippen LogP contribution is -2.26. The van der Waals surface area contributed by atoms with E-state index < -0.39 is 18.4 Å². The van der Waals surface area contributed by atoms with Crippen LogP contribution in [-0.4, -0.2) is 71.5 Å². The summed E-state index contributed by atoms with van der Waals surface area (Å²) >= 11 is 0. The molecule has 8 nitrogen and oxygen atoms in total. The topological polar surface area (TPSA) is 90.7 Å². The van der Waals surface area contributed by atoms with Gasteiger partial charge in [0.15, 0.2) is 0 Å². The molecule has 2 aliphatic heterocycles. The van der Waals surface area contributed by atoms with Crippen molar-refractivity contribution in [2.24, 2.45) is 0 Å². The number of nitrogens with zero attached hydrogens (tertiary/aromatic N) is 2. The fraction of sp³-hybridized carbons (Fsp3) is 0.455. The van der Waals surface area contributed by atoms with Crippen LogP contribution < -0.4 is 9.47 Å². The number of nitrogens with one attached hydrogen (secondary N) is 2. The first-order valence-corrected chi connectivity index (χ1v) is 14.8. The minimum Gasteiger partial charge on any atom is -0.425 e. The van der Waals surface area contributed by atoms with Gasteiger partial charge in [-0.15, -0.1) is 0 Å². The average molecular weight is 561 g/mol. The van der Waals surface area contributed by atoms with E-state index in [-0.39, 0.29) is 0 Å². The molecule has 4 aromatic rings. The SMILES string of the molecule is CC.CN1CCCC1.Cc1c[nH]c2cccc(OC(=O)CC(=O)Oc3cccc4[nH]cc(C[C@H]5CCCN5C)c34)c12. The number of rotatable bonds is 6. The molecule has 2 aromatic carbocycles. The second kappa shape index (κ2) is 14.3. The Bertz CT molecular complexity index is 1450. The Hall–Kier alpha value is -3.62. The standard InChI is InChI=1S/C26H27N3O4.C5H11N.C2H6/c1-16-14-27-19-7-3-9-21(25(16)19)32-23(30)13-24(31)33-22-10-4-8-20-26(22)17(15-28-20)12-18-6-5-11-29(18)2;1-6-4-2-3-5-6;1-2/h3-4,7-10,14-15,18,27-28H,5-6,11-13H2,1-2H3;2-5H2,1H3;1-2H3/t18-;;/m1../s1. The number of ether oxygens (including phenoxy) is 2. The van der Waals surface area contributed by atoms with E-state index in [0.717, 1.165) is 52.3 Å². The number of benzene rings is 2. The molecule has 4 heterocycles. The lowest BCUT2D eigenvalue weighted by atomic mass is 10.0. The number of aryl methyl sites for hydroxylation is 1. The van der Waals surface area contributed by atoms with Crippen molar-refractivity contribution in [3.8, 4) is 11.5 Å². The molecule has 220 valence electrons. The first-order valence-electron chi connectivity index (χ1n) is 14.8. The van der Waals surface area contributed by atoms with Crippen LogP contribution in [0.3, 0.4) is 0 Å². The van der Waals surface area contributed by atoms with Crippen LogP contribution in [0.25, 0.3) is 21.8 Å². The zero-order valence-corrected chi connectivity index (χ0v) is 25.1. The second-order valence-corrected chi connectivity index (χ2v) is 10.8. The fourth-order valence-electron chi connectivity index (χ4n) is 5.67. The normalized spacial score (nSPS) is 17.1. The summed E-state index contributed by atoms with van der Waals surface area (Å²) in [6.45, 7) is 9.68. The molecule has 2 aromatic heterocycles. The highest BCUT2D eigenvalue weighted by atomic mass is 16.6. The van der Waals surface area contributed by atoms with E-state index in [9.17, 15) is 9.59 Å². The molecule has 6 rings (SSSR count). The highest BCUT2D eigenvalue weighted by Crippen LogP contribution is 2.32. The number of aromatic amines is 2. The summed E-state index contributed by atoms with van der Waals surface area (Å²) in [5.74, 6) is -0.400. The van der Waals surface area contributed by atoms with Crippen molar-refractivity contribution >= 4 is 33.7 Å². The number of likely N-dealkylation sites (N-methyl/N-ethyl adjacent to an activating group) is 1. The summed E-state index contributed by atoms with van der Waals surface area (Å²) in [6, 6.07) is 11.5. The minimum atomic E-state index is -0.651. The number of aromatic nitrogens is 2. The number of carbonyl (C=O) groups is 2. The number of H-pyrrole nitrogens is 2. The van der Waals surface area contributed by atoms with Gasteiger partial charge in [0, 0.05) is 40.2 Å². The van der Waals surface area contributed by atoms with Gasteiger partial charge in [-0.3, -0.25) is 9.59 Å². The first-order chi connectivity index (χ1) is 19.9. The van der Waals surface area contributed by atoms with Gasteiger partial charge in [0.25, 0.3) is 0 Å². The van der Waals surface area contributed by atoms with Crippen molar-refractivity contribution in [1.29, 1.82) is 0 Å². The van der Waals surface area contributed by atoms with Crippen molar-refractivity contribution < 1.29 is 19.1 Å². The third kappa shape index (κ3) is 7.57. The number of fused-ring (bicyclic) bond motifs is 2. The number of hydrogen-bond donors (Lipinski definition) is 2. The lowest BCUT2D eigenvalue weighted by Gasteiger charge is -2.19. The van der Waals surface area contributed by atoms with Crippen LogP contribution in [0.15, 0.2) is 48.8 Å². The lowest BCUT2D eigenvalue weighted by molar-refractivity contribution is -0.144. The molecule has 8 heteroatoms. The van der Waals surface area contributed by atoms with Gasteiger partial charge >= 0.3 is 11.9 Å². The summed E-state index contributed by atoms with van der Waals surface area (Å²) in [4.78, 5) is 36.3. The summed E-state index contributed by atoms with van der Waals surface area (Å²) in [6.07, 6.45) is 9.44. The van der Waals surface area contributed by atoms with E-state index in [4.69, 9.17) is 9.47 Å². The second-order valence-electron chi connectivity index (χ2n) is 10.8. The smallest absolute Gasteiger partial charge is 0.322 e. The van der Waals surface area contributed by atoms with Gasteiger partial charge < -0.3 is 29.2 Å². The van der Waals surface area contributed by atoms with Crippen LogP contribution >= 0.6 is 0 Å². The molecule has 0 unspecified atom stereocenters. The van der Waals surface area contributed by atoms with Gasteiger partial charge in [0.1, 0.15) is 17.9 Å². The third-order valence-electron chi connectivity index (χ3n) is 7.81. The van der Waals surface area contributed by atoms with E-state index >= 15 is 0 Å². The van der Waals surface area contributed by atoms with Crippen LogP contribution in [-0.2, 0) is 16.0 Å². The largest absolute Gasteiger partial charge is 0.425 e. The maximum Gasteiger partial charge on any atom is 0.322 e. The number of hydrogen-bond acceptors (Lipinski definition) is 6. The summed E-state index contributed by atoms with van der Waals surface area (Å²) in [5, 5.41) is 1.73. The van der Waals surface area contributed by atoms with Crippen LogP contribution in [0.2, 0.25) is 0 Å².